The molecule has 2 atom stereocenters. The summed E-state index contributed by atoms with van der Waals surface area (Å²) >= 11 is 6.00. The predicted molar refractivity (Wildman–Crippen MR) is 112 cm³/mol. The van der Waals surface area contributed by atoms with Crippen molar-refractivity contribution in [2.45, 2.75) is 45.0 Å². The minimum Gasteiger partial charge on any atom is -0.471 e. The second-order valence-corrected chi connectivity index (χ2v) is 8.10. The van der Waals surface area contributed by atoms with Gasteiger partial charge in [-0.2, -0.15) is 23.4 Å². The third-order valence-corrected chi connectivity index (χ3v) is 5.70. The topological polar surface area (TPSA) is 86.0 Å². The Morgan fingerprint density at radius 3 is 2.64 bits per heavy atom. The van der Waals surface area contributed by atoms with Crippen LogP contribution in [-0.2, 0) is 6.18 Å². The number of hydrogen-bond donors (Lipinski definition) is 0. The maximum Gasteiger partial charge on any atom is 0.417 e. The number of alkyl halides is 3. The van der Waals surface area contributed by atoms with Gasteiger partial charge in [-0.15, -0.1) is 4.80 Å². The van der Waals surface area contributed by atoms with E-state index in [9.17, 15) is 18.0 Å². The third-order valence-electron chi connectivity index (χ3n) is 5.43. The van der Waals surface area contributed by atoms with Crippen molar-refractivity contribution in [3.05, 3.63) is 58.6 Å². The van der Waals surface area contributed by atoms with Gasteiger partial charge in [-0.1, -0.05) is 11.6 Å². The quantitative estimate of drug-likeness (QED) is 0.558. The van der Waals surface area contributed by atoms with Gasteiger partial charge in [-0.3, -0.25) is 4.79 Å². The number of aryl methyl sites for hydroxylation is 1. The minimum atomic E-state index is -4.56. The molecule has 1 amide bonds. The van der Waals surface area contributed by atoms with E-state index in [1.165, 1.54) is 17.2 Å². The largest absolute Gasteiger partial charge is 0.471 e. The molecule has 12 heteroatoms. The Labute approximate surface area is 192 Å². The fraction of sp³-hybridized carbons (Fsp3) is 0.381. The molecular weight excluding hydrogens is 461 g/mol. The highest BCUT2D eigenvalue weighted by Crippen LogP contribution is 2.34. The standard InChI is InChI=1S/C21H20ClF3N6O2/c1-12-5-6-15(18(29-12)31-27-7-8-28-31)20(32)30-9-3-4-17(13(30)2)33-19-16(22)10-14(11-26-19)21(23,24)25/h5-8,10-11,13,17H,3-4,9H2,1-2H3. The number of nitrogens with zero attached hydrogens (tertiary/aromatic N) is 6. The molecule has 0 bridgehead atoms. The molecule has 4 heterocycles. The summed E-state index contributed by atoms with van der Waals surface area (Å²) in [4.78, 5) is 24.6. The van der Waals surface area contributed by atoms with Gasteiger partial charge in [0.15, 0.2) is 5.82 Å². The summed E-state index contributed by atoms with van der Waals surface area (Å²) in [5, 5.41) is 7.93. The third kappa shape index (κ3) is 4.77. The number of halogens is 4. The molecule has 0 N–H and O–H groups in total. The lowest BCUT2D eigenvalue weighted by Crippen LogP contribution is -2.51. The average molecular weight is 481 g/mol. The lowest BCUT2D eigenvalue weighted by atomic mass is 9.99. The Morgan fingerprint density at radius 2 is 1.97 bits per heavy atom. The van der Waals surface area contributed by atoms with Crippen molar-refractivity contribution in [1.82, 2.24) is 29.9 Å². The zero-order chi connectivity index (χ0) is 23.8. The van der Waals surface area contributed by atoms with Crippen molar-refractivity contribution in [2.75, 3.05) is 6.54 Å². The Balaban J connectivity index is 1.56. The van der Waals surface area contributed by atoms with Crippen LogP contribution in [-0.4, -0.2) is 54.5 Å². The van der Waals surface area contributed by atoms with Gasteiger partial charge >= 0.3 is 6.18 Å². The highest BCUT2D eigenvalue weighted by molar-refractivity contribution is 6.31. The van der Waals surface area contributed by atoms with E-state index in [4.69, 9.17) is 16.3 Å². The second kappa shape index (κ2) is 8.97. The molecule has 1 aliphatic rings. The Hall–Kier alpha value is -3.21. The lowest BCUT2D eigenvalue weighted by Gasteiger charge is -2.39. The Kier molecular flexibility index (Phi) is 6.24. The Bertz CT molecular complexity index is 1160. The first-order valence-corrected chi connectivity index (χ1v) is 10.6. The number of aromatic nitrogens is 5. The molecule has 0 aliphatic carbocycles. The van der Waals surface area contributed by atoms with Crippen molar-refractivity contribution >= 4 is 17.5 Å². The number of piperidine rings is 1. The monoisotopic (exact) mass is 480 g/mol. The van der Waals surface area contributed by atoms with Crippen molar-refractivity contribution in [3.8, 4) is 11.7 Å². The van der Waals surface area contributed by atoms with Crippen molar-refractivity contribution in [3.63, 3.8) is 0 Å². The van der Waals surface area contributed by atoms with Crippen molar-refractivity contribution in [2.24, 2.45) is 0 Å². The molecule has 2 unspecified atom stereocenters. The maximum absolute atomic E-state index is 13.5. The number of rotatable bonds is 4. The number of likely N-dealkylation sites (tertiary alicyclic amines) is 1. The van der Waals surface area contributed by atoms with E-state index >= 15 is 0 Å². The second-order valence-electron chi connectivity index (χ2n) is 7.69. The molecule has 3 aromatic rings. The van der Waals surface area contributed by atoms with Gasteiger partial charge in [-0.05, 0) is 44.9 Å². The molecule has 8 nitrogen and oxygen atoms in total. The van der Waals surface area contributed by atoms with Crippen LogP contribution in [0.1, 0.15) is 41.4 Å². The van der Waals surface area contributed by atoms with Crippen LogP contribution in [0.2, 0.25) is 5.02 Å². The number of carbonyl (C=O) groups is 1. The summed E-state index contributed by atoms with van der Waals surface area (Å²) in [6, 6.07) is 3.79. The number of amides is 1. The SMILES string of the molecule is Cc1ccc(C(=O)N2CCCC(Oc3ncc(C(F)(F)F)cc3Cl)C2C)c(-n2nccn2)n1. The van der Waals surface area contributed by atoms with Gasteiger partial charge in [0.1, 0.15) is 11.1 Å². The van der Waals surface area contributed by atoms with Gasteiger partial charge in [0.05, 0.1) is 29.6 Å². The molecule has 33 heavy (non-hydrogen) atoms. The number of carbonyl (C=O) groups excluding carboxylic acids is 1. The smallest absolute Gasteiger partial charge is 0.417 e. The summed E-state index contributed by atoms with van der Waals surface area (Å²) in [5.74, 6) is -0.0657. The molecule has 0 saturated carbocycles. The molecule has 0 spiro atoms. The van der Waals surface area contributed by atoms with E-state index in [1.54, 1.807) is 24.0 Å². The highest BCUT2D eigenvalue weighted by atomic mass is 35.5. The maximum atomic E-state index is 13.5. The first kappa shape index (κ1) is 23.0. The van der Waals surface area contributed by atoms with E-state index in [2.05, 4.69) is 20.2 Å². The zero-order valence-corrected chi connectivity index (χ0v) is 18.5. The van der Waals surface area contributed by atoms with E-state index in [0.717, 1.165) is 6.07 Å². The molecule has 174 valence electrons. The number of pyridine rings is 2. The fourth-order valence-corrected chi connectivity index (χ4v) is 3.92. The minimum absolute atomic E-state index is 0.103. The molecule has 0 aromatic carbocycles. The van der Waals surface area contributed by atoms with E-state index in [0.29, 0.717) is 42.7 Å². The van der Waals surface area contributed by atoms with Crippen LogP contribution in [0.5, 0.6) is 5.88 Å². The van der Waals surface area contributed by atoms with Crippen LogP contribution in [0.15, 0.2) is 36.8 Å². The normalized spacial score (nSPS) is 18.9. The molecule has 1 fully saturated rings. The summed E-state index contributed by atoms with van der Waals surface area (Å²) in [7, 11) is 0. The van der Waals surface area contributed by atoms with Crippen LogP contribution in [0.25, 0.3) is 5.82 Å². The van der Waals surface area contributed by atoms with Crippen LogP contribution in [0.3, 0.4) is 0 Å². The van der Waals surface area contributed by atoms with Crippen LogP contribution in [0.4, 0.5) is 13.2 Å². The van der Waals surface area contributed by atoms with Crippen LogP contribution in [0, 0.1) is 6.92 Å². The lowest BCUT2D eigenvalue weighted by molar-refractivity contribution is -0.137. The van der Waals surface area contributed by atoms with Crippen molar-refractivity contribution < 1.29 is 22.7 Å². The van der Waals surface area contributed by atoms with E-state index in [1.807, 2.05) is 6.92 Å². The van der Waals surface area contributed by atoms with E-state index < -0.39 is 23.9 Å². The zero-order valence-electron chi connectivity index (χ0n) is 17.8. The van der Waals surface area contributed by atoms with Gasteiger partial charge < -0.3 is 9.64 Å². The van der Waals surface area contributed by atoms with E-state index in [-0.39, 0.29) is 16.8 Å². The predicted octanol–water partition coefficient (Wildman–Crippen LogP) is 4.11. The fourth-order valence-electron chi connectivity index (χ4n) is 3.70. The summed E-state index contributed by atoms with van der Waals surface area (Å²) in [5.41, 5.74) is 0.0738. The van der Waals surface area contributed by atoms with Crippen LogP contribution >= 0.6 is 11.6 Å². The summed E-state index contributed by atoms with van der Waals surface area (Å²) in [6.45, 7) is 4.09. The molecule has 1 aliphatic heterocycles. The van der Waals surface area contributed by atoms with Crippen LogP contribution < -0.4 is 4.74 Å². The van der Waals surface area contributed by atoms with Gasteiger partial charge in [-0.25, -0.2) is 9.97 Å². The number of hydrogen-bond acceptors (Lipinski definition) is 6. The highest BCUT2D eigenvalue weighted by Gasteiger charge is 2.36. The molecule has 4 rings (SSSR count). The van der Waals surface area contributed by atoms with Gasteiger partial charge in [0.25, 0.3) is 5.91 Å². The first-order valence-electron chi connectivity index (χ1n) is 10.2. The first-order chi connectivity index (χ1) is 15.6. The molecule has 3 aromatic heterocycles. The molecular formula is C21H20ClF3N6O2. The summed E-state index contributed by atoms with van der Waals surface area (Å²) < 4.78 is 44.5. The molecule has 1 saturated heterocycles. The Morgan fingerprint density at radius 1 is 1.24 bits per heavy atom. The van der Waals surface area contributed by atoms with Crippen molar-refractivity contribution in [1.29, 1.82) is 0 Å². The number of ether oxygens (including phenoxy) is 1. The summed E-state index contributed by atoms with van der Waals surface area (Å²) in [6.07, 6.45) is -0.177. The van der Waals surface area contributed by atoms with Gasteiger partial charge in [0, 0.05) is 18.4 Å². The average Bonchev–Trinajstić information content (AvgIpc) is 3.30. The molecule has 0 radical (unpaired) electrons. The van der Waals surface area contributed by atoms with Gasteiger partial charge in [0.2, 0.25) is 5.88 Å².